The van der Waals surface area contributed by atoms with Crippen LogP contribution in [-0.2, 0) is 11.3 Å². The molecule has 0 saturated heterocycles. The first-order chi connectivity index (χ1) is 10.1. The molecular weight excluding hydrogens is 264 g/mol. The van der Waals surface area contributed by atoms with Gasteiger partial charge in [0, 0.05) is 38.5 Å². The number of hydrogen-bond acceptors (Lipinski definition) is 4. The number of rotatable bonds is 11. The molecule has 1 atom stereocenters. The Labute approximate surface area is 129 Å². The van der Waals surface area contributed by atoms with Gasteiger partial charge in [0.15, 0.2) is 0 Å². The molecule has 0 radical (unpaired) electrons. The molecule has 5 nitrogen and oxygen atoms in total. The molecule has 122 valence electrons. The van der Waals surface area contributed by atoms with E-state index in [-0.39, 0.29) is 0 Å². The van der Waals surface area contributed by atoms with Gasteiger partial charge in [0.05, 0.1) is 5.69 Å². The second-order valence-electron chi connectivity index (χ2n) is 5.48. The fourth-order valence-electron chi connectivity index (χ4n) is 2.45. The quantitative estimate of drug-likeness (QED) is 0.638. The van der Waals surface area contributed by atoms with Crippen LogP contribution in [0.1, 0.15) is 39.8 Å². The van der Waals surface area contributed by atoms with Crippen LogP contribution in [0.4, 0.5) is 5.95 Å². The minimum Gasteiger partial charge on any atom is -0.382 e. The van der Waals surface area contributed by atoms with Gasteiger partial charge in [-0.15, -0.1) is 0 Å². The van der Waals surface area contributed by atoms with Crippen molar-refractivity contribution in [3.8, 4) is 0 Å². The first-order valence-corrected chi connectivity index (χ1v) is 8.21. The molecule has 21 heavy (non-hydrogen) atoms. The van der Waals surface area contributed by atoms with Crippen molar-refractivity contribution in [1.82, 2.24) is 14.5 Å². The summed E-state index contributed by atoms with van der Waals surface area (Å²) < 4.78 is 7.61. The lowest BCUT2D eigenvalue weighted by Crippen LogP contribution is -2.35. The van der Waals surface area contributed by atoms with E-state index in [0.717, 1.165) is 57.5 Å². The zero-order valence-corrected chi connectivity index (χ0v) is 14.4. The summed E-state index contributed by atoms with van der Waals surface area (Å²) in [5.41, 5.74) is 1.06. The highest BCUT2D eigenvalue weighted by molar-refractivity contribution is 5.30. The number of nitrogens with zero attached hydrogens (tertiary/aromatic N) is 3. The lowest BCUT2D eigenvalue weighted by molar-refractivity contribution is 0.142. The lowest BCUT2D eigenvalue weighted by Gasteiger charge is -2.24. The van der Waals surface area contributed by atoms with Gasteiger partial charge >= 0.3 is 0 Å². The first-order valence-electron chi connectivity index (χ1n) is 8.21. The highest BCUT2D eigenvalue weighted by atomic mass is 16.5. The number of imidazole rings is 1. The molecule has 0 saturated carbocycles. The predicted octanol–water partition coefficient (Wildman–Crippen LogP) is 2.76. The summed E-state index contributed by atoms with van der Waals surface area (Å²) in [5.74, 6) is 0.976. The van der Waals surface area contributed by atoms with Crippen molar-refractivity contribution in [2.75, 3.05) is 38.2 Å². The van der Waals surface area contributed by atoms with Crippen molar-refractivity contribution in [2.45, 2.75) is 53.6 Å². The van der Waals surface area contributed by atoms with Gasteiger partial charge in [-0.05, 0) is 40.3 Å². The van der Waals surface area contributed by atoms with Crippen molar-refractivity contribution >= 4 is 5.95 Å². The fourth-order valence-corrected chi connectivity index (χ4v) is 2.45. The van der Waals surface area contributed by atoms with Gasteiger partial charge in [-0.2, -0.15) is 0 Å². The Morgan fingerprint density at radius 3 is 2.67 bits per heavy atom. The number of aromatic nitrogens is 2. The van der Waals surface area contributed by atoms with E-state index < -0.39 is 0 Å². The summed E-state index contributed by atoms with van der Waals surface area (Å²) in [4.78, 5) is 7.02. The molecule has 1 aromatic heterocycles. The van der Waals surface area contributed by atoms with Crippen LogP contribution >= 0.6 is 0 Å². The number of ether oxygens (including phenoxy) is 1. The average Bonchev–Trinajstić information content (AvgIpc) is 2.80. The highest BCUT2D eigenvalue weighted by Crippen LogP contribution is 2.11. The van der Waals surface area contributed by atoms with Crippen LogP contribution in [-0.4, -0.2) is 53.3 Å². The Bertz CT molecular complexity index is 388. The maximum Gasteiger partial charge on any atom is 0.203 e. The van der Waals surface area contributed by atoms with Gasteiger partial charge in [-0.3, -0.25) is 0 Å². The Morgan fingerprint density at radius 1 is 1.33 bits per heavy atom. The van der Waals surface area contributed by atoms with E-state index in [0.29, 0.717) is 6.04 Å². The SMILES string of the molecule is CCOCCCn1cc(C)nc1NC(C)CN(CC)CC. The molecule has 0 spiro atoms. The van der Waals surface area contributed by atoms with Crippen LogP contribution in [0, 0.1) is 6.92 Å². The molecule has 0 aromatic carbocycles. The van der Waals surface area contributed by atoms with Crippen molar-refractivity contribution in [3.63, 3.8) is 0 Å². The Morgan fingerprint density at radius 2 is 2.05 bits per heavy atom. The third kappa shape index (κ3) is 6.48. The molecule has 0 aliphatic carbocycles. The summed E-state index contributed by atoms with van der Waals surface area (Å²) in [6, 6.07) is 0.386. The minimum absolute atomic E-state index is 0.386. The summed E-state index contributed by atoms with van der Waals surface area (Å²) in [7, 11) is 0. The summed E-state index contributed by atoms with van der Waals surface area (Å²) in [5, 5.41) is 3.54. The molecule has 1 heterocycles. The molecule has 0 aliphatic rings. The first kappa shape index (κ1) is 18.0. The molecule has 0 fully saturated rings. The second-order valence-corrected chi connectivity index (χ2v) is 5.48. The number of anilines is 1. The van der Waals surface area contributed by atoms with E-state index in [1.165, 1.54) is 0 Å². The number of nitrogens with one attached hydrogen (secondary N) is 1. The van der Waals surface area contributed by atoms with E-state index >= 15 is 0 Å². The molecule has 1 aromatic rings. The normalized spacial score (nSPS) is 12.9. The van der Waals surface area contributed by atoms with Crippen molar-refractivity contribution < 1.29 is 4.74 Å². The van der Waals surface area contributed by atoms with Crippen molar-refractivity contribution in [1.29, 1.82) is 0 Å². The van der Waals surface area contributed by atoms with E-state index in [4.69, 9.17) is 4.74 Å². The number of aryl methyl sites for hydroxylation is 2. The fraction of sp³-hybridized carbons (Fsp3) is 0.812. The van der Waals surface area contributed by atoms with Gasteiger partial charge in [-0.25, -0.2) is 4.98 Å². The Balaban J connectivity index is 2.53. The second kappa shape index (κ2) is 9.79. The van der Waals surface area contributed by atoms with Crippen LogP contribution in [0.15, 0.2) is 6.20 Å². The molecule has 0 bridgehead atoms. The third-order valence-electron chi connectivity index (χ3n) is 3.59. The molecule has 5 heteroatoms. The van der Waals surface area contributed by atoms with E-state index in [9.17, 15) is 0 Å². The molecular formula is C16H32N4O. The van der Waals surface area contributed by atoms with E-state index in [2.05, 4.69) is 46.7 Å². The summed E-state index contributed by atoms with van der Waals surface area (Å²) in [6.07, 6.45) is 3.13. The Hall–Kier alpha value is -1.07. The van der Waals surface area contributed by atoms with Gasteiger partial charge in [0.25, 0.3) is 0 Å². The average molecular weight is 296 g/mol. The smallest absolute Gasteiger partial charge is 0.203 e. The Kier molecular flexibility index (Phi) is 8.38. The lowest BCUT2D eigenvalue weighted by atomic mass is 10.3. The third-order valence-corrected chi connectivity index (χ3v) is 3.59. The monoisotopic (exact) mass is 296 g/mol. The largest absolute Gasteiger partial charge is 0.382 e. The van der Waals surface area contributed by atoms with Crippen LogP contribution in [0.3, 0.4) is 0 Å². The zero-order valence-electron chi connectivity index (χ0n) is 14.4. The molecule has 1 unspecified atom stereocenters. The summed E-state index contributed by atoms with van der Waals surface area (Å²) in [6.45, 7) is 16.4. The number of hydrogen-bond donors (Lipinski definition) is 1. The van der Waals surface area contributed by atoms with E-state index in [1.54, 1.807) is 0 Å². The molecule has 0 aliphatic heterocycles. The van der Waals surface area contributed by atoms with Crippen LogP contribution in [0.25, 0.3) is 0 Å². The van der Waals surface area contributed by atoms with E-state index in [1.807, 2.05) is 13.8 Å². The van der Waals surface area contributed by atoms with Gasteiger partial charge in [0.1, 0.15) is 0 Å². The van der Waals surface area contributed by atoms with Crippen LogP contribution in [0.2, 0.25) is 0 Å². The van der Waals surface area contributed by atoms with Gasteiger partial charge in [-0.1, -0.05) is 13.8 Å². The number of likely N-dealkylation sites (N-methyl/N-ethyl adjacent to an activating group) is 1. The molecule has 1 N–H and O–H groups in total. The van der Waals surface area contributed by atoms with Gasteiger partial charge in [0.2, 0.25) is 5.95 Å². The summed E-state index contributed by atoms with van der Waals surface area (Å²) >= 11 is 0. The van der Waals surface area contributed by atoms with Crippen molar-refractivity contribution in [2.24, 2.45) is 0 Å². The zero-order chi connectivity index (χ0) is 15.7. The maximum atomic E-state index is 5.40. The highest BCUT2D eigenvalue weighted by Gasteiger charge is 2.11. The van der Waals surface area contributed by atoms with Gasteiger partial charge < -0.3 is 19.5 Å². The predicted molar refractivity (Wildman–Crippen MR) is 88.9 cm³/mol. The van der Waals surface area contributed by atoms with Crippen LogP contribution < -0.4 is 5.32 Å². The topological polar surface area (TPSA) is 42.3 Å². The maximum absolute atomic E-state index is 5.40. The van der Waals surface area contributed by atoms with Crippen LogP contribution in [0.5, 0.6) is 0 Å². The minimum atomic E-state index is 0.386. The van der Waals surface area contributed by atoms with Crippen molar-refractivity contribution in [3.05, 3.63) is 11.9 Å². The standard InChI is InChI=1S/C16H32N4O/c1-6-19(7-2)12-14(4)17-16-18-15(5)13-20(16)10-9-11-21-8-3/h13-14H,6-12H2,1-5H3,(H,17,18). The molecule has 0 amide bonds. The molecule has 1 rings (SSSR count).